The number of nitrogens with zero attached hydrogens (tertiary/aromatic N) is 2. The molecule has 3 rings (SSSR count). The molecule has 3 aromatic rings. The Morgan fingerprint density at radius 1 is 1.25 bits per heavy atom. The molecule has 4 nitrogen and oxygen atoms in total. The summed E-state index contributed by atoms with van der Waals surface area (Å²) in [6, 6.07) is 7.78. The van der Waals surface area contributed by atoms with Gasteiger partial charge in [0.25, 0.3) is 0 Å². The standard InChI is InChI=1S/C15H14ClN3O/c16-15-14-4-3-13(8-12(14)5-6-17-15)20-7-1-2-11-9-18-19-10-11/h3-6,8-10H,1-2,7H2,(H,18,19). The highest BCUT2D eigenvalue weighted by atomic mass is 35.5. The number of hydrogen-bond donors (Lipinski definition) is 1. The molecule has 0 bridgehead atoms. The summed E-state index contributed by atoms with van der Waals surface area (Å²) in [5.74, 6) is 0.854. The second kappa shape index (κ2) is 5.92. The molecule has 0 radical (unpaired) electrons. The van der Waals surface area contributed by atoms with Crippen molar-refractivity contribution >= 4 is 22.4 Å². The quantitative estimate of drug-likeness (QED) is 0.576. The lowest BCUT2D eigenvalue weighted by Crippen LogP contribution is -1.99. The van der Waals surface area contributed by atoms with Gasteiger partial charge in [-0.05, 0) is 48.1 Å². The number of rotatable bonds is 5. The molecule has 0 atom stereocenters. The Balaban J connectivity index is 1.60. The van der Waals surface area contributed by atoms with Crippen molar-refractivity contribution in [1.82, 2.24) is 15.2 Å². The largest absolute Gasteiger partial charge is 0.494 e. The summed E-state index contributed by atoms with van der Waals surface area (Å²) >= 11 is 6.03. The van der Waals surface area contributed by atoms with E-state index >= 15 is 0 Å². The fourth-order valence-electron chi connectivity index (χ4n) is 2.09. The number of hydrogen-bond acceptors (Lipinski definition) is 3. The first-order valence-electron chi connectivity index (χ1n) is 6.48. The molecule has 0 saturated heterocycles. The van der Waals surface area contributed by atoms with E-state index in [9.17, 15) is 0 Å². The Kier molecular flexibility index (Phi) is 3.83. The second-order valence-corrected chi connectivity index (χ2v) is 4.90. The number of fused-ring (bicyclic) bond motifs is 1. The van der Waals surface area contributed by atoms with Crippen LogP contribution in [0.1, 0.15) is 12.0 Å². The van der Waals surface area contributed by atoms with Crippen molar-refractivity contribution in [2.24, 2.45) is 0 Å². The lowest BCUT2D eigenvalue weighted by molar-refractivity contribution is 0.311. The van der Waals surface area contributed by atoms with Crippen molar-refractivity contribution in [3.8, 4) is 5.75 Å². The van der Waals surface area contributed by atoms with Gasteiger partial charge in [-0.2, -0.15) is 5.10 Å². The molecule has 0 aliphatic rings. The minimum Gasteiger partial charge on any atom is -0.494 e. The van der Waals surface area contributed by atoms with Gasteiger partial charge < -0.3 is 4.74 Å². The lowest BCUT2D eigenvalue weighted by atomic mass is 10.2. The van der Waals surface area contributed by atoms with Crippen molar-refractivity contribution in [2.45, 2.75) is 12.8 Å². The van der Waals surface area contributed by atoms with Crippen LogP contribution in [0, 0.1) is 0 Å². The Hall–Kier alpha value is -2.07. The van der Waals surface area contributed by atoms with Gasteiger partial charge in [0.1, 0.15) is 10.9 Å². The molecule has 0 fully saturated rings. The van der Waals surface area contributed by atoms with E-state index in [-0.39, 0.29) is 0 Å². The van der Waals surface area contributed by atoms with Gasteiger partial charge in [-0.15, -0.1) is 0 Å². The molecular formula is C15H14ClN3O. The van der Waals surface area contributed by atoms with Crippen LogP contribution in [0.25, 0.3) is 10.8 Å². The predicted molar refractivity (Wildman–Crippen MR) is 79.2 cm³/mol. The highest BCUT2D eigenvalue weighted by Gasteiger charge is 2.02. The maximum Gasteiger partial charge on any atom is 0.136 e. The Bertz CT molecular complexity index is 697. The van der Waals surface area contributed by atoms with Gasteiger partial charge in [-0.1, -0.05) is 11.6 Å². The number of aryl methyl sites for hydroxylation is 1. The lowest BCUT2D eigenvalue weighted by Gasteiger charge is -2.07. The van der Waals surface area contributed by atoms with Crippen LogP contribution in [0.5, 0.6) is 5.75 Å². The molecule has 102 valence electrons. The number of pyridine rings is 1. The molecule has 1 aromatic carbocycles. The number of nitrogens with one attached hydrogen (secondary N) is 1. The van der Waals surface area contributed by atoms with Gasteiger partial charge in [-0.25, -0.2) is 4.98 Å². The third kappa shape index (κ3) is 2.91. The molecule has 0 aliphatic heterocycles. The number of benzene rings is 1. The van der Waals surface area contributed by atoms with Crippen LogP contribution in [-0.4, -0.2) is 21.8 Å². The van der Waals surface area contributed by atoms with Crippen LogP contribution >= 0.6 is 11.6 Å². The SMILES string of the molecule is Clc1nccc2cc(OCCCc3cn[nH]c3)ccc12. The highest BCUT2D eigenvalue weighted by Crippen LogP contribution is 2.25. The Morgan fingerprint density at radius 3 is 3.05 bits per heavy atom. The Labute approximate surface area is 121 Å². The maximum atomic E-state index is 6.03. The number of halogens is 1. The molecule has 0 amide bonds. The van der Waals surface area contributed by atoms with Crippen molar-refractivity contribution in [1.29, 1.82) is 0 Å². The summed E-state index contributed by atoms with van der Waals surface area (Å²) < 4.78 is 5.76. The van der Waals surface area contributed by atoms with Gasteiger partial charge in [0.2, 0.25) is 0 Å². The number of ether oxygens (including phenoxy) is 1. The molecule has 0 spiro atoms. The van der Waals surface area contributed by atoms with Crippen LogP contribution in [0.2, 0.25) is 5.15 Å². The van der Waals surface area contributed by atoms with Crippen molar-refractivity contribution in [2.75, 3.05) is 6.61 Å². The third-order valence-electron chi connectivity index (χ3n) is 3.12. The normalized spacial score (nSPS) is 10.8. The summed E-state index contributed by atoms with van der Waals surface area (Å²) in [5.41, 5.74) is 1.20. The van der Waals surface area contributed by atoms with Crippen molar-refractivity contribution < 1.29 is 4.74 Å². The zero-order valence-corrected chi connectivity index (χ0v) is 11.6. The summed E-state index contributed by atoms with van der Waals surface area (Å²) in [5, 5.41) is 9.23. The van der Waals surface area contributed by atoms with Crippen LogP contribution in [0.4, 0.5) is 0 Å². The summed E-state index contributed by atoms with van der Waals surface area (Å²) in [6.45, 7) is 0.676. The summed E-state index contributed by atoms with van der Waals surface area (Å²) in [7, 11) is 0. The van der Waals surface area contributed by atoms with E-state index in [1.807, 2.05) is 36.7 Å². The van der Waals surface area contributed by atoms with Gasteiger partial charge in [0, 0.05) is 17.8 Å². The van der Waals surface area contributed by atoms with Crippen molar-refractivity contribution in [3.05, 3.63) is 53.6 Å². The van der Waals surface area contributed by atoms with Crippen LogP contribution in [0.15, 0.2) is 42.9 Å². The minimum atomic E-state index is 0.522. The Morgan fingerprint density at radius 2 is 2.20 bits per heavy atom. The first kappa shape index (κ1) is 12.9. The van der Waals surface area contributed by atoms with Gasteiger partial charge >= 0.3 is 0 Å². The smallest absolute Gasteiger partial charge is 0.136 e. The van der Waals surface area contributed by atoms with Crippen LogP contribution in [-0.2, 0) is 6.42 Å². The average molecular weight is 288 g/mol. The summed E-state index contributed by atoms with van der Waals surface area (Å²) in [6.07, 6.45) is 7.36. The molecule has 0 unspecified atom stereocenters. The molecule has 2 aromatic heterocycles. The van der Waals surface area contributed by atoms with E-state index in [4.69, 9.17) is 16.3 Å². The molecule has 20 heavy (non-hydrogen) atoms. The van der Waals surface area contributed by atoms with Crippen molar-refractivity contribution in [3.63, 3.8) is 0 Å². The monoisotopic (exact) mass is 287 g/mol. The first-order chi connectivity index (χ1) is 9.83. The average Bonchev–Trinajstić information content (AvgIpc) is 2.97. The van der Waals surface area contributed by atoms with Gasteiger partial charge in [-0.3, -0.25) is 5.10 Å². The molecule has 2 heterocycles. The highest BCUT2D eigenvalue weighted by molar-refractivity contribution is 6.34. The van der Waals surface area contributed by atoms with E-state index in [0.717, 1.165) is 29.4 Å². The predicted octanol–water partition coefficient (Wildman–Crippen LogP) is 3.62. The van der Waals surface area contributed by atoms with E-state index < -0.39 is 0 Å². The number of aromatic nitrogens is 3. The van der Waals surface area contributed by atoms with E-state index in [0.29, 0.717) is 11.8 Å². The van der Waals surface area contributed by atoms with E-state index in [1.54, 1.807) is 6.20 Å². The fourth-order valence-corrected chi connectivity index (χ4v) is 2.32. The molecule has 0 aliphatic carbocycles. The number of H-pyrrole nitrogens is 1. The van der Waals surface area contributed by atoms with Crippen LogP contribution in [0.3, 0.4) is 0 Å². The maximum absolute atomic E-state index is 6.03. The molecule has 0 saturated carbocycles. The van der Waals surface area contributed by atoms with Gasteiger partial charge in [0.15, 0.2) is 0 Å². The van der Waals surface area contributed by atoms with Gasteiger partial charge in [0.05, 0.1) is 12.8 Å². The second-order valence-electron chi connectivity index (χ2n) is 4.54. The number of aromatic amines is 1. The fraction of sp³-hybridized carbons (Fsp3) is 0.200. The first-order valence-corrected chi connectivity index (χ1v) is 6.85. The van der Waals surface area contributed by atoms with Crippen LogP contribution < -0.4 is 4.74 Å². The topological polar surface area (TPSA) is 50.8 Å². The third-order valence-corrected chi connectivity index (χ3v) is 3.42. The molecule has 1 N–H and O–H groups in total. The molecular weight excluding hydrogens is 274 g/mol. The minimum absolute atomic E-state index is 0.522. The zero-order valence-electron chi connectivity index (χ0n) is 10.8. The zero-order chi connectivity index (χ0) is 13.8. The molecule has 5 heteroatoms. The van der Waals surface area contributed by atoms with E-state index in [2.05, 4.69) is 15.2 Å². The summed E-state index contributed by atoms with van der Waals surface area (Å²) in [4.78, 5) is 4.06. The van der Waals surface area contributed by atoms with E-state index in [1.165, 1.54) is 5.56 Å².